The molecule has 1 heterocycles. The van der Waals surface area contributed by atoms with Gasteiger partial charge in [0.2, 0.25) is 0 Å². The number of benzene rings is 1. The molecule has 0 aromatic heterocycles. The van der Waals surface area contributed by atoms with Gasteiger partial charge < -0.3 is 9.47 Å². The predicted molar refractivity (Wildman–Crippen MR) is 97.0 cm³/mol. The second-order valence-corrected chi connectivity index (χ2v) is 8.22. The van der Waals surface area contributed by atoms with Gasteiger partial charge in [0.25, 0.3) is 0 Å². The van der Waals surface area contributed by atoms with Crippen molar-refractivity contribution in [2.45, 2.75) is 50.6 Å². The number of allylic oxidation sites excluding steroid dienone is 7. The Morgan fingerprint density at radius 3 is 2.60 bits per heavy atom. The van der Waals surface area contributed by atoms with Crippen molar-refractivity contribution in [3.05, 3.63) is 82.0 Å². The average Bonchev–Trinajstić information content (AvgIpc) is 3.26. The maximum Gasteiger partial charge on any atom is 0.164 e. The van der Waals surface area contributed by atoms with Crippen LogP contribution in [0.1, 0.15) is 49.8 Å². The molecule has 0 saturated carbocycles. The van der Waals surface area contributed by atoms with Gasteiger partial charge in [-0.25, -0.2) is 0 Å². The summed E-state index contributed by atoms with van der Waals surface area (Å²) in [5, 5.41) is 0. The Bertz CT molecular complexity index is 912. The molecule has 6 rings (SSSR count). The molecule has 5 aliphatic rings. The third kappa shape index (κ3) is 1.82. The van der Waals surface area contributed by atoms with Crippen molar-refractivity contribution in [2.24, 2.45) is 5.92 Å². The SMILES string of the molecule is CC1(C)O[C@@H]2C3=C4C=C5CCC=C5[C@H]4C=C[C@@H]3c3ccccc3[C@H]2O1. The van der Waals surface area contributed by atoms with Crippen molar-refractivity contribution >= 4 is 0 Å². The summed E-state index contributed by atoms with van der Waals surface area (Å²) < 4.78 is 12.8. The zero-order valence-corrected chi connectivity index (χ0v) is 14.7. The quantitative estimate of drug-likeness (QED) is 0.615. The molecule has 2 nitrogen and oxygen atoms in total. The summed E-state index contributed by atoms with van der Waals surface area (Å²) >= 11 is 0. The third-order valence-corrected chi connectivity index (χ3v) is 6.35. The van der Waals surface area contributed by atoms with Crippen molar-refractivity contribution < 1.29 is 9.47 Å². The number of hydrogen-bond donors (Lipinski definition) is 0. The van der Waals surface area contributed by atoms with Gasteiger partial charge in [0, 0.05) is 11.8 Å². The van der Waals surface area contributed by atoms with Crippen molar-refractivity contribution in [1.29, 1.82) is 0 Å². The van der Waals surface area contributed by atoms with Gasteiger partial charge in [0.1, 0.15) is 12.2 Å². The number of hydrogen-bond acceptors (Lipinski definition) is 2. The van der Waals surface area contributed by atoms with Crippen LogP contribution in [0.5, 0.6) is 0 Å². The van der Waals surface area contributed by atoms with Gasteiger partial charge in [-0.15, -0.1) is 0 Å². The molecule has 0 N–H and O–H groups in total. The minimum Gasteiger partial charge on any atom is -0.340 e. The van der Waals surface area contributed by atoms with E-state index in [2.05, 4.69) is 48.6 Å². The zero-order valence-electron chi connectivity index (χ0n) is 14.7. The Kier molecular flexibility index (Phi) is 2.65. The highest BCUT2D eigenvalue weighted by Crippen LogP contribution is 2.57. The van der Waals surface area contributed by atoms with Crippen LogP contribution >= 0.6 is 0 Å². The molecule has 0 radical (unpaired) electrons. The fourth-order valence-electron chi connectivity index (χ4n) is 5.44. The van der Waals surface area contributed by atoms with Crippen LogP contribution in [0.3, 0.4) is 0 Å². The molecular formula is C23H22O2. The van der Waals surface area contributed by atoms with Gasteiger partial charge in [0.05, 0.1) is 0 Å². The Hall–Kier alpha value is -1.90. The van der Waals surface area contributed by atoms with E-state index in [0.29, 0.717) is 11.8 Å². The minimum atomic E-state index is -0.539. The molecule has 1 fully saturated rings. The number of ether oxygens (including phenoxy) is 2. The first-order chi connectivity index (χ1) is 12.1. The smallest absolute Gasteiger partial charge is 0.164 e. The lowest BCUT2D eigenvalue weighted by Crippen LogP contribution is -2.32. The van der Waals surface area contributed by atoms with Crippen LogP contribution < -0.4 is 0 Å². The van der Waals surface area contributed by atoms with Gasteiger partial charge in [-0.3, -0.25) is 0 Å². The molecule has 1 aromatic rings. The summed E-state index contributed by atoms with van der Waals surface area (Å²) in [5.41, 5.74) is 8.65. The lowest BCUT2D eigenvalue weighted by atomic mass is 9.69. The normalized spacial score (nSPS) is 36.2. The highest BCUT2D eigenvalue weighted by atomic mass is 16.8. The highest BCUT2D eigenvalue weighted by molar-refractivity contribution is 5.63. The van der Waals surface area contributed by atoms with Gasteiger partial charge in [-0.05, 0) is 60.1 Å². The summed E-state index contributed by atoms with van der Waals surface area (Å²) in [4.78, 5) is 0. The fourth-order valence-corrected chi connectivity index (χ4v) is 5.44. The summed E-state index contributed by atoms with van der Waals surface area (Å²) in [5.74, 6) is 0.210. The molecule has 4 aliphatic carbocycles. The van der Waals surface area contributed by atoms with Gasteiger partial charge in [0.15, 0.2) is 5.79 Å². The van der Waals surface area contributed by atoms with E-state index in [9.17, 15) is 0 Å². The third-order valence-electron chi connectivity index (χ3n) is 6.35. The van der Waals surface area contributed by atoms with E-state index in [1.165, 1.54) is 46.3 Å². The Morgan fingerprint density at radius 1 is 0.960 bits per heavy atom. The van der Waals surface area contributed by atoms with E-state index in [1.54, 1.807) is 0 Å². The number of fused-ring (bicyclic) bond motifs is 9. The van der Waals surface area contributed by atoms with Crippen molar-refractivity contribution in [2.75, 3.05) is 0 Å². The molecule has 25 heavy (non-hydrogen) atoms. The van der Waals surface area contributed by atoms with Gasteiger partial charge >= 0.3 is 0 Å². The van der Waals surface area contributed by atoms with Crippen molar-refractivity contribution in [1.82, 2.24) is 0 Å². The van der Waals surface area contributed by atoms with E-state index in [4.69, 9.17) is 9.47 Å². The first-order valence-electron chi connectivity index (χ1n) is 9.40. The lowest BCUT2D eigenvalue weighted by molar-refractivity contribution is -0.144. The predicted octanol–water partition coefficient (Wildman–Crippen LogP) is 5.12. The second-order valence-electron chi connectivity index (χ2n) is 8.22. The van der Waals surface area contributed by atoms with E-state index in [0.717, 1.165) is 0 Å². The second kappa shape index (κ2) is 4.63. The van der Waals surface area contributed by atoms with Crippen LogP contribution in [0.15, 0.2) is 70.9 Å². The Morgan fingerprint density at radius 2 is 1.72 bits per heavy atom. The standard InChI is InChI=1S/C23H22O2/c1-23(2)24-21-18-8-4-3-7-15(18)17-11-10-16-14-9-5-6-13(14)12-19(16)20(17)22(21)25-23/h3-4,7-12,16-17,21-22H,5-6H2,1-2H3/t16-,17-,21-,22-/m1/s1. The fraction of sp³-hybridized carbons (Fsp3) is 0.391. The molecule has 2 heteroatoms. The molecule has 1 saturated heterocycles. The van der Waals surface area contributed by atoms with Crippen LogP contribution in [0, 0.1) is 5.92 Å². The molecule has 1 aromatic carbocycles. The zero-order chi connectivity index (χ0) is 16.8. The minimum absolute atomic E-state index is 0.00456. The van der Waals surface area contributed by atoms with Crippen LogP contribution in [0.4, 0.5) is 0 Å². The molecule has 1 aliphatic heterocycles. The maximum absolute atomic E-state index is 6.45. The molecule has 0 bridgehead atoms. The molecular weight excluding hydrogens is 308 g/mol. The lowest BCUT2D eigenvalue weighted by Gasteiger charge is -2.38. The summed E-state index contributed by atoms with van der Waals surface area (Å²) in [6, 6.07) is 8.74. The van der Waals surface area contributed by atoms with Crippen molar-refractivity contribution in [3.8, 4) is 0 Å². The van der Waals surface area contributed by atoms with E-state index in [-0.39, 0.29) is 12.2 Å². The molecule has 126 valence electrons. The van der Waals surface area contributed by atoms with E-state index >= 15 is 0 Å². The highest BCUT2D eigenvalue weighted by Gasteiger charge is 2.51. The Balaban J connectivity index is 1.60. The van der Waals surface area contributed by atoms with Gasteiger partial charge in [-0.1, -0.05) is 48.6 Å². The molecule has 0 amide bonds. The van der Waals surface area contributed by atoms with E-state index < -0.39 is 5.79 Å². The molecule has 0 spiro atoms. The van der Waals surface area contributed by atoms with Crippen LogP contribution in [-0.2, 0) is 9.47 Å². The molecule has 0 unspecified atom stereocenters. The van der Waals surface area contributed by atoms with E-state index in [1.807, 2.05) is 13.8 Å². The van der Waals surface area contributed by atoms with Gasteiger partial charge in [-0.2, -0.15) is 0 Å². The Labute approximate surface area is 148 Å². The topological polar surface area (TPSA) is 18.5 Å². The largest absolute Gasteiger partial charge is 0.340 e. The maximum atomic E-state index is 6.45. The number of rotatable bonds is 0. The average molecular weight is 330 g/mol. The van der Waals surface area contributed by atoms with Crippen molar-refractivity contribution in [3.63, 3.8) is 0 Å². The summed E-state index contributed by atoms with van der Waals surface area (Å²) in [7, 11) is 0. The summed E-state index contributed by atoms with van der Waals surface area (Å²) in [6.45, 7) is 4.07. The van der Waals surface area contributed by atoms with Crippen LogP contribution in [-0.4, -0.2) is 11.9 Å². The summed E-state index contributed by atoms with van der Waals surface area (Å²) in [6.07, 6.45) is 12.1. The monoisotopic (exact) mass is 330 g/mol. The van der Waals surface area contributed by atoms with Crippen LogP contribution in [0.25, 0.3) is 0 Å². The first-order valence-corrected chi connectivity index (χ1v) is 9.40. The first kappa shape index (κ1) is 14.3. The van der Waals surface area contributed by atoms with Crippen LogP contribution in [0.2, 0.25) is 0 Å². The molecule has 4 atom stereocenters.